The van der Waals surface area contributed by atoms with Gasteiger partial charge in [0.25, 0.3) is 5.56 Å². The highest BCUT2D eigenvalue weighted by molar-refractivity contribution is 7.80. The molecule has 1 fully saturated rings. The van der Waals surface area contributed by atoms with Gasteiger partial charge in [0.1, 0.15) is 5.82 Å². The fourth-order valence-electron chi connectivity index (χ4n) is 4.53. The van der Waals surface area contributed by atoms with Crippen LogP contribution in [0.5, 0.6) is 0 Å². The second-order valence-electron chi connectivity index (χ2n) is 8.31. The van der Waals surface area contributed by atoms with Gasteiger partial charge in [-0.3, -0.25) is 9.36 Å². The van der Waals surface area contributed by atoms with E-state index in [1.165, 1.54) is 6.42 Å². The molecule has 0 saturated carbocycles. The second-order valence-corrected chi connectivity index (χ2v) is 8.70. The number of aryl methyl sites for hydroxylation is 1. The van der Waals surface area contributed by atoms with Gasteiger partial charge in [0.05, 0.1) is 10.9 Å². The average Bonchev–Trinajstić information content (AvgIpc) is 2.87. The Labute approximate surface area is 165 Å². The van der Waals surface area contributed by atoms with Crippen LogP contribution < -0.4 is 10.9 Å². The van der Waals surface area contributed by atoms with Crippen molar-refractivity contribution in [1.82, 2.24) is 14.5 Å². The van der Waals surface area contributed by atoms with Gasteiger partial charge in [-0.2, -0.15) is 0 Å². The van der Waals surface area contributed by atoms with Crippen LogP contribution in [-0.4, -0.2) is 32.7 Å². The number of aromatic nitrogens is 2. The Hall–Kier alpha value is -1.95. The van der Waals surface area contributed by atoms with Crippen LogP contribution in [0.4, 0.5) is 5.69 Å². The van der Waals surface area contributed by atoms with Gasteiger partial charge in [-0.05, 0) is 61.5 Å². The van der Waals surface area contributed by atoms with E-state index in [1.54, 1.807) is 0 Å². The maximum Gasteiger partial charge on any atom is 0.261 e. The molecule has 27 heavy (non-hydrogen) atoms. The van der Waals surface area contributed by atoms with Crippen LogP contribution in [0.3, 0.4) is 0 Å². The van der Waals surface area contributed by atoms with Crippen molar-refractivity contribution < 1.29 is 0 Å². The summed E-state index contributed by atoms with van der Waals surface area (Å²) < 4.78 is 1.87. The Bertz CT molecular complexity index is 912. The lowest BCUT2D eigenvalue weighted by molar-refractivity contribution is 0.216. The number of thiocarbonyl (C=S) groups is 1. The zero-order valence-corrected chi connectivity index (χ0v) is 17.0. The van der Waals surface area contributed by atoms with Crippen molar-refractivity contribution in [2.75, 3.05) is 18.4 Å². The first-order chi connectivity index (χ1) is 13.0. The van der Waals surface area contributed by atoms with Crippen LogP contribution >= 0.6 is 12.2 Å². The van der Waals surface area contributed by atoms with E-state index in [2.05, 4.69) is 24.1 Å². The lowest BCUT2D eigenvalue weighted by Gasteiger charge is -2.36. The second kappa shape index (κ2) is 7.58. The molecule has 4 rings (SSSR count). The van der Waals surface area contributed by atoms with Crippen LogP contribution in [0.2, 0.25) is 0 Å². The number of anilines is 1. The van der Waals surface area contributed by atoms with Crippen LogP contribution in [0.1, 0.15) is 45.4 Å². The zero-order valence-electron chi connectivity index (χ0n) is 16.2. The monoisotopic (exact) mass is 384 g/mol. The van der Waals surface area contributed by atoms with Gasteiger partial charge in [-0.25, -0.2) is 4.98 Å². The molecule has 0 bridgehead atoms. The summed E-state index contributed by atoms with van der Waals surface area (Å²) in [5.41, 5.74) is 1.72. The number of fused-ring (bicyclic) bond motifs is 2. The molecule has 1 aromatic heterocycles. The quantitative estimate of drug-likeness (QED) is 0.758. The van der Waals surface area contributed by atoms with E-state index in [9.17, 15) is 4.79 Å². The maximum atomic E-state index is 13.0. The largest absolute Gasteiger partial charge is 0.348 e. The lowest BCUT2D eigenvalue weighted by atomic mass is 9.92. The Morgan fingerprint density at radius 3 is 2.74 bits per heavy atom. The molecule has 2 aromatic rings. The Morgan fingerprint density at radius 1 is 1.19 bits per heavy atom. The van der Waals surface area contributed by atoms with Crippen LogP contribution in [0.15, 0.2) is 23.0 Å². The van der Waals surface area contributed by atoms with Gasteiger partial charge in [-0.1, -0.05) is 20.3 Å². The Balaban J connectivity index is 1.61. The first-order valence-electron chi connectivity index (χ1n) is 10.1. The van der Waals surface area contributed by atoms with Crippen molar-refractivity contribution in [3.8, 4) is 0 Å². The summed E-state index contributed by atoms with van der Waals surface area (Å²) >= 11 is 5.65. The maximum absolute atomic E-state index is 13.0. The normalized spacial score (nSPS) is 23.0. The van der Waals surface area contributed by atoms with Gasteiger partial charge in [0, 0.05) is 31.7 Å². The van der Waals surface area contributed by atoms with E-state index in [4.69, 9.17) is 17.2 Å². The van der Waals surface area contributed by atoms with Gasteiger partial charge in [0.2, 0.25) is 0 Å². The standard InChI is InChI=1S/C21H28N4OS/c1-14-10-15(2)13-24(12-14)21(27)22-16-7-8-18-17(11-16)20(26)25-9-5-3-4-6-19(25)23-18/h7-8,11,14-15H,3-6,9-10,12-13H2,1-2H3,(H,22,27)/t14-,15+. The fraction of sp³-hybridized carbons (Fsp3) is 0.571. The number of nitrogens with one attached hydrogen (secondary N) is 1. The fourth-order valence-corrected chi connectivity index (χ4v) is 4.79. The van der Waals surface area contributed by atoms with Crippen LogP contribution in [0.25, 0.3) is 10.9 Å². The molecule has 0 radical (unpaired) electrons. The van der Waals surface area contributed by atoms with Gasteiger partial charge in [-0.15, -0.1) is 0 Å². The smallest absolute Gasteiger partial charge is 0.261 e. The summed E-state index contributed by atoms with van der Waals surface area (Å²) in [6, 6.07) is 5.83. The summed E-state index contributed by atoms with van der Waals surface area (Å²) in [7, 11) is 0. The SMILES string of the molecule is C[C@@H]1C[C@H](C)CN(C(=S)Nc2ccc3nc4n(c(=O)c3c2)CCCCC4)C1. The van der Waals surface area contributed by atoms with E-state index in [0.717, 1.165) is 67.5 Å². The van der Waals surface area contributed by atoms with E-state index in [1.807, 2.05) is 22.8 Å². The molecule has 2 atom stereocenters. The molecule has 2 aliphatic rings. The highest BCUT2D eigenvalue weighted by atomic mass is 32.1. The van der Waals surface area contributed by atoms with E-state index >= 15 is 0 Å². The first-order valence-corrected chi connectivity index (χ1v) is 10.5. The molecule has 5 nitrogen and oxygen atoms in total. The topological polar surface area (TPSA) is 50.2 Å². The molecule has 1 saturated heterocycles. The molecule has 2 aliphatic heterocycles. The van der Waals surface area contributed by atoms with Crippen molar-refractivity contribution in [3.05, 3.63) is 34.4 Å². The third-order valence-corrected chi connectivity index (χ3v) is 6.08. The molecule has 0 aliphatic carbocycles. The Morgan fingerprint density at radius 2 is 1.96 bits per heavy atom. The molecular formula is C21H28N4OS. The van der Waals surface area contributed by atoms with Crippen molar-refractivity contribution in [2.45, 2.75) is 52.5 Å². The molecule has 0 unspecified atom stereocenters. The van der Waals surface area contributed by atoms with Gasteiger partial charge in [0.15, 0.2) is 5.11 Å². The minimum atomic E-state index is 0.0756. The van der Waals surface area contributed by atoms with E-state index in [-0.39, 0.29) is 5.56 Å². The minimum absolute atomic E-state index is 0.0756. The zero-order chi connectivity index (χ0) is 19.0. The van der Waals surface area contributed by atoms with E-state index < -0.39 is 0 Å². The predicted molar refractivity (Wildman–Crippen MR) is 114 cm³/mol. The van der Waals surface area contributed by atoms with E-state index in [0.29, 0.717) is 17.2 Å². The first kappa shape index (κ1) is 18.4. The molecule has 0 spiro atoms. The third kappa shape index (κ3) is 3.86. The molecule has 6 heteroatoms. The van der Waals surface area contributed by atoms with Gasteiger partial charge >= 0.3 is 0 Å². The highest BCUT2D eigenvalue weighted by Crippen LogP contribution is 2.23. The summed E-state index contributed by atoms with van der Waals surface area (Å²) in [6.07, 6.45) is 5.46. The van der Waals surface area contributed by atoms with Crippen molar-refractivity contribution in [1.29, 1.82) is 0 Å². The number of hydrogen-bond acceptors (Lipinski definition) is 3. The van der Waals surface area contributed by atoms with Crippen molar-refractivity contribution in [3.63, 3.8) is 0 Å². The minimum Gasteiger partial charge on any atom is -0.348 e. The molecule has 3 heterocycles. The summed E-state index contributed by atoms with van der Waals surface area (Å²) in [6.45, 7) is 7.30. The summed E-state index contributed by atoms with van der Waals surface area (Å²) in [5, 5.41) is 4.77. The molecule has 0 amide bonds. The summed E-state index contributed by atoms with van der Waals surface area (Å²) in [5.74, 6) is 2.22. The average molecular weight is 385 g/mol. The number of rotatable bonds is 1. The van der Waals surface area contributed by atoms with Crippen LogP contribution in [-0.2, 0) is 13.0 Å². The number of nitrogens with zero attached hydrogens (tertiary/aromatic N) is 3. The number of hydrogen-bond donors (Lipinski definition) is 1. The molecule has 1 N–H and O–H groups in total. The Kier molecular flexibility index (Phi) is 5.17. The number of likely N-dealkylation sites (tertiary alicyclic amines) is 1. The predicted octanol–water partition coefficient (Wildman–Crippen LogP) is 3.80. The lowest BCUT2D eigenvalue weighted by Crippen LogP contribution is -2.44. The highest BCUT2D eigenvalue weighted by Gasteiger charge is 2.23. The number of benzene rings is 1. The molecule has 144 valence electrons. The van der Waals surface area contributed by atoms with Gasteiger partial charge < -0.3 is 10.2 Å². The van der Waals surface area contributed by atoms with Crippen molar-refractivity contribution >= 4 is 33.9 Å². The number of piperidine rings is 1. The summed E-state index contributed by atoms with van der Waals surface area (Å²) in [4.78, 5) is 20.0. The third-order valence-electron chi connectivity index (χ3n) is 5.72. The van der Waals surface area contributed by atoms with Crippen molar-refractivity contribution in [2.24, 2.45) is 11.8 Å². The van der Waals surface area contributed by atoms with Crippen LogP contribution in [0, 0.1) is 11.8 Å². The molecular weight excluding hydrogens is 356 g/mol. The molecule has 1 aromatic carbocycles.